The average Bonchev–Trinajstić information content (AvgIpc) is 2.38. The number of hydrogen-bond acceptors (Lipinski definition) is 2. The standard InChI is InChI=1S/C13H8BrF3N2O/c14-9-2-1-7(5-10(9)16)19-13(20)8-3-6(15)4-11(18)12(8)17/h1-5H,18H2,(H,19,20). The lowest BCUT2D eigenvalue weighted by Crippen LogP contribution is -2.15. The molecule has 0 bridgehead atoms. The van der Waals surface area contributed by atoms with E-state index >= 15 is 0 Å². The van der Waals surface area contributed by atoms with Crippen molar-refractivity contribution in [1.29, 1.82) is 0 Å². The van der Waals surface area contributed by atoms with Gasteiger partial charge in [-0.05, 0) is 46.3 Å². The first-order chi connectivity index (χ1) is 9.38. The Hall–Kier alpha value is -2.02. The molecule has 0 radical (unpaired) electrons. The maximum absolute atomic E-state index is 13.6. The molecule has 2 aromatic rings. The molecule has 7 heteroatoms. The van der Waals surface area contributed by atoms with Crippen LogP contribution >= 0.6 is 15.9 Å². The number of carbonyl (C=O) groups is 1. The monoisotopic (exact) mass is 344 g/mol. The lowest BCUT2D eigenvalue weighted by atomic mass is 10.1. The van der Waals surface area contributed by atoms with Crippen molar-refractivity contribution in [3.05, 3.63) is 57.8 Å². The zero-order chi connectivity index (χ0) is 14.9. The Kier molecular flexibility index (Phi) is 3.99. The molecule has 1 amide bonds. The maximum atomic E-state index is 13.6. The zero-order valence-corrected chi connectivity index (χ0v) is 11.5. The quantitative estimate of drug-likeness (QED) is 0.816. The first-order valence-corrected chi connectivity index (χ1v) is 6.18. The fraction of sp³-hybridized carbons (Fsp3) is 0. The Labute approximate surface area is 120 Å². The summed E-state index contributed by atoms with van der Waals surface area (Å²) >= 11 is 2.96. The van der Waals surface area contributed by atoms with Crippen LogP contribution in [-0.2, 0) is 0 Å². The fourth-order valence-corrected chi connectivity index (χ4v) is 1.79. The van der Waals surface area contributed by atoms with E-state index in [2.05, 4.69) is 21.2 Å². The maximum Gasteiger partial charge on any atom is 0.258 e. The van der Waals surface area contributed by atoms with Crippen LogP contribution in [0.5, 0.6) is 0 Å². The van der Waals surface area contributed by atoms with Crippen LogP contribution in [-0.4, -0.2) is 5.91 Å². The second kappa shape index (κ2) is 5.54. The summed E-state index contributed by atoms with van der Waals surface area (Å²) in [6, 6.07) is 5.32. The van der Waals surface area contributed by atoms with Gasteiger partial charge in [-0.15, -0.1) is 0 Å². The first kappa shape index (κ1) is 14.4. The molecule has 0 fully saturated rings. The summed E-state index contributed by atoms with van der Waals surface area (Å²) in [6.07, 6.45) is 0. The van der Waals surface area contributed by atoms with E-state index in [1.54, 1.807) is 0 Å². The minimum Gasteiger partial charge on any atom is -0.396 e. The second-order valence-corrected chi connectivity index (χ2v) is 4.79. The summed E-state index contributed by atoms with van der Waals surface area (Å²) in [5.74, 6) is -3.38. The third-order valence-corrected chi connectivity index (χ3v) is 3.13. The van der Waals surface area contributed by atoms with Gasteiger partial charge in [-0.3, -0.25) is 4.79 Å². The van der Waals surface area contributed by atoms with Gasteiger partial charge in [-0.25, -0.2) is 13.2 Å². The highest BCUT2D eigenvalue weighted by atomic mass is 79.9. The van der Waals surface area contributed by atoms with Gasteiger partial charge in [0, 0.05) is 5.69 Å². The summed E-state index contributed by atoms with van der Waals surface area (Å²) in [5, 5.41) is 2.26. The fourth-order valence-electron chi connectivity index (χ4n) is 1.55. The smallest absolute Gasteiger partial charge is 0.258 e. The number of anilines is 2. The van der Waals surface area contributed by atoms with Crippen molar-refractivity contribution in [2.24, 2.45) is 0 Å². The largest absolute Gasteiger partial charge is 0.396 e. The molecule has 3 N–H and O–H groups in total. The molecule has 104 valence electrons. The van der Waals surface area contributed by atoms with E-state index in [0.29, 0.717) is 0 Å². The Morgan fingerprint density at radius 2 is 1.85 bits per heavy atom. The van der Waals surface area contributed by atoms with Crippen molar-refractivity contribution in [2.45, 2.75) is 0 Å². The van der Waals surface area contributed by atoms with Crippen LogP contribution < -0.4 is 11.1 Å². The van der Waals surface area contributed by atoms with Crippen LogP contribution in [0.2, 0.25) is 0 Å². The van der Waals surface area contributed by atoms with E-state index in [4.69, 9.17) is 5.73 Å². The van der Waals surface area contributed by atoms with Crippen LogP contribution in [0.25, 0.3) is 0 Å². The molecule has 0 aromatic heterocycles. The SMILES string of the molecule is Nc1cc(F)cc(C(=O)Nc2ccc(Br)c(F)c2)c1F. The first-order valence-electron chi connectivity index (χ1n) is 5.39. The molecule has 0 unspecified atom stereocenters. The van der Waals surface area contributed by atoms with Gasteiger partial charge < -0.3 is 11.1 Å². The molecule has 0 atom stereocenters. The molecule has 20 heavy (non-hydrogen) atoms. The Morgan fingerprint density at radius 1 is 1.15 bits per heavy atom. The van der Waals surface area contributed by atoms with Crippen molar-refractivity contribution in [1.82, 2.24) is 0 Å². The van der Waals surface area contributed by atoms with Crippen LogP contribution in [0, 0.1) is 17.5 Å². The molecule has 0 aliphatic rings. The van der Waals surface area contributed by atoms with E-state index in [-0.39, 0.29) is 10.2 Å². The summed E-state index contributed by atoms with van der Waals surface area (Å²) in [6.45, 7) is 0. The molecule has 2 rings (SSSR count). The Balaban J connectivity index is 2.30. The van der Waals surface area contributed by atoms with E-state index < -0.39 is 34.6 Å². The summed E-state index contributed by atoms with van der Waals surface area (Å²) in [5.41, 5.74) is 4.32. The number of nitrogen functional groups attached to an aromatic ring is 1. The number of nitrogens with two attached hydrogens (primary N) is 1. The molecule has 0 saturated carbocycles. The third-order valence-electron chi connectivity index (χ3n) is 2.49. The topological polar surface area (TPSA) is 55.1 Å². The highest BCUT2D eigenvalue weighted by Gasteiger charge is 2.16. The van der Waals surface area contributed by atoms with Gasteiger partial charge >= 0.3 is 0 Å². The van der Waals surface area contributed by atoms with Gasteiger partial charge in [-0.1, -0.05) is 0 Å². The number of halogens is 4. The minimum absolute atomic E-state index is 0.109. The molecule has 3 nitrogen and oxygen atoms in total. The van der Waals surface area contributed by atoms with E-state index in [9.17, 15) is 18.0 Å². The number of carbonyl (C=O) groups excluding carboxylic acids is 1. The van der Waals surface area contributed by atoms with Crippen LogP contribution in [0.4, 0.5) is 24.5 Å². The van der Waals surface area contributed by atoms with Crippen molar-refractivity contribution < 1.29 is 18.0 Å². The number of benzene rings is 2. The van der Waals surface area contributed by atoms with Crippen LogP contribution in [0.3, 0.4) is 0 Å². The number of rotatable bonds is 2. The van der Waals surface area contributed by atoms with Gasteiger partial charge in [-0.2, -0.15) is 0 Å². The predicted molar refractivity (Wildman–Crippen MR) is 72.8 cm³/mol. The second-order valence-electron chi connectivity index (χ2n) is 3.94. The van der Waals surface area contributed by atoms with E-state index in [1.165, 1.54) is 12.1 Å². The Bertz CT molecular complexity index is 692. The van der Waals surface area contributed by atoms with Crippen molar-refractivity contribution in [3.63, 3.8) is 0 Å². The minimum atomic E-state index is -1.03. The average molecular weight is 345 g/mol. The van der Waals surface area contributed by atoms with Crippen LogP contribution in [0.1, 0.15) is 10.4 Å². The third kappa shape index (κ3) is 2.93. The van der Waals surface area contributed by atoms with Crippen molar-refractivity contribution in [2.75, 3.05) is 11.1 Å². The van der Waals surface area contributed by atoms with Crippen molar-refractivity contribution in [3.8, 4) is 0 Å². The molecule has 2 aromatic carbocycles. The van der Waals surface area contributed by atoms with Crippen LogP contribution in [0.15, 0.2) is 34.8 Å². The van der Waals surface area contributed by atoms with E-state index in [1.807, 2.05) is 0 Å². The predicted octanol–water partition coefficient (Wildman–Crippen LogP) is 3.70. The van der Waals surface area contributed by atoms with Gasteiger partial charge in [0.05, 0.1) is 15.7 Å². The van der Waals surface area contributed by atoms with E-state index in [0.717, 1.165) is 18.2 Å². The highest BCUT2D eigenvalue weighted by Crippen LogP contribution is 2.22. The molecular formula is C13H8BrF3N2O. The molecule has 0 heterocycles. The van der Waals surface area contributed by atoms with Crippen molar-refractivity contribution >= 4 is 33.2 Å². The molecule has 0 aliphatic carbocycles. The number of hydrogen-bond donors (Lipinski definition) is 2. The molecular weight excluding hydrogens is 337 g/mol. The number of nitrogens with one attached hydrogen (secondary N) is 1. The Morgan fingerprint density at radius 3 is 2.50 bits per heavy atom. The summed E-state index contributed by atoms with van der Waals surface area (Å²) < 4.78 is 40.3. The van der Waals surface area contributed by atoms with Gasteiger partial charge in [0.1, 0.15) is 11.6 Å². The summed E-state index contributed by atoms with van der Waals surface area (Å²) in [4.78, 5) is 11.8. The normalized spacial score (nSPS) is 10.4. The van der Waals surface area contributed by atoms with Gasteiger partial charge in [0.2, 0.25) is 0 Å². The van der Waals surface area contributed by atoms with Gasteiger partial charge in [0.15, 0.2) is 5.82 Å². The lowest BCUT2D eigenvalue weighted by Gasteiger charge is -2.08. The van der Waals surface area contributed by atoms with Gasteiger partial charge in [0.25, 0.3) is 5.91 Å². The molecule has 0 saturated heterocycles. The highest BCUT2D eigenvalue weighted by molar-refractivity contribution is 9.10. The summed E-state index contributed by atoms with van der Waals surface area (Å²) in [7, 11) is 0. The lowest BCUT2D eigenvalue weighted by molar-refractivity contribution is 0.102. The zero-order valence-electron chi connectivity index (χ0n) is 9.88. The molecule has 0 spiro atoms. The molecule has 0 aliphatic heterocycles. The number of amides is 1.